The minimum Gasteiger partial charge on any atom is -0.355 e. The van der Waals surface area contributed by atoms with E-state index in [2.05, 4.69) is 10.6 Å². The predicted octanol–water partition coefficient (Wildman–Crippen LogP) is -0.453. The molecule has 9 heteroatoms. The van der Waals surface area contributed by atoms with Crippen molar-refractivity contribution in [2.45, 2.75) is 18.9 Å². The summed E-state index contributed by atoms with van der Waals surface area (Å²) in [4.78, 5) is 37.0. The summed E-state index contributed by atoms with van der Waals surface area (Å²) < 4.78 is 0. The fourth-order valence-electron chi connectivity index (χ4n) is 2.47. The number of carbonyl (C=O) groups excluding carboxylic acids is 3. The number of nitrogens with zero attached hydrogens (tertiary/aromatic N) is 1. The van der Waals surface area contributed by atoms with Crippen molar-refractivity contribution in [3.05, 3.63) is 0 Å². The molecule has 2 atom stereocenters. The Bertz CT molecular complexity index is 410. The normalized spacial score (nSPS) is 25.0. The molecular weight excluding hydrogens is 316 g/mol. The van der Waals surface area contributed by atoms with E-state index in [0.29, 0.717) is 31.9 Å². The number of piperidine rings is 1. The minimum absolute atomic E-state index is 0. The maximum absolute atomic E-state index is 12.3. The Morgan fingerprint density at radius 2 is 2.24 bits per heavy atom. The molecule has 0 aromatic rings. The number of likely N-dealkylation sites (tertiary alicyclic amines) is 1. The summed E-state index contributed by atoms with van der Waals surface area (Å²) in [5, 5.41) is 5.25. The standard InChI is InChI=1S/C12H20N4O3S.ClH/c13-3-4-14-10(17)8-2-1-5-16(6-8)11(18)9-7-20-12(19)15-9;/h8-9H,1-7,13H2,(H,14,17)(H,15,19);1H/t8?,9-;/m0./s1. The Balaban J connectivity index is 0.00000220. The Kier molecular flexibility index (Phi) is 7.27. The van der Waals surface area contributed by atoms with Gasteiger partial charge in [0.1, 0.15) is 6.04 Å². The Morgan fingerprint density at radius 1 is 1.48 bits per heavy atom. The number of hydrogen-bond acceptors (Lipinski definition) is 5. The third-order valence-corrected chi connectivity index (χ3v) is 4.40. The van der Waals surface area contributed by atoms with Crippen LogP contribution in [0.15, 0.2) is 0 Å². The molecule has 3 amide bonds. The van der Waals surface area contributed by atoms with Crippen LogP contribution in [0.25, 0.3) is 0 Å². The van der Waals surface area contributed by atoms with Crippen LogP contribution in [0.2, 0.25) is 0 Å². The highest BCUT2D eigenvalue weighted by atomic mass is 35.5. The molecule has 1 unspecified atom stereocenters. The number of nitrogens with one attached hydrogen (secondary N) is 2. The van der Waals surface area contributed by atoms with E-state index in [0.717, 1.165) is 24.6 Å². The SMILES string of the molecule is Cl.NCCNC(=O)C1CCCN(C(=O)[C@@H]2CSC(=O)N2)C1. The summed E-state index contributed by atoms with van der Waals surface area (Å²) in [7, 11) is 0. The molecule has 0 saturated carbocycles. The smallest absolute Gasteiger partial charge is 0.279 e. The molecule has 2 rings (SSSR count). The van der Waals surface area contributed by atoms with Crippen molar-refractivity contribution in [2.75, 3.05) is 31.9 Å². The zero-order valence-electron chi connectivity index (χ0n) is 11.7. The summed E-state index contributed by atoms with van der Waals surface area (Å²) >= 11 is 1.13. The quantitative estimate of drug-likeness (QED) is 0.645. The zero-order valence-corrected chi connectivity index (χ0v) is 13.3. The lowest BCUT2D eigenvalue weighted by Crippen LogP contribution is -2.51. The molecule has 7 nitrogen and oxygen atoms in total. The second-order valence-corrected chi connectivity index (χ2v) is 5.99. The predicted molar refractivity (Wildman–Crippen MR) is 83.4 cm³/mol. The van der Waals surface area contributed by atoms with E-state index in [-0.39, 0.29) is 35.4 Å². The molecule has 2 aliphatic heterocycles. The van der Waals surface area contributed by atoms with Gasteiger partial charge in [-0.1, -0.05) is 11.8 Å². The molecule has 0 aromatic carbocycles. The first-order valence-corrected chi connectivity index (χ1v) is 7.80. The van der Waals surface area contributed by atoms with Gasteiger partial charge in [0.2, 0.25) is 11.8 Å². The summed E-state index contributed by atoms with van der Waals surface area (Å²) in [5.41, 5.74) is 5.36. The first-order chi connectivity index (χ1) is 9.61. The average Bonchev–Trinajstić information content (AvgIpc) is 2.90. The van der Waals surface area contributed by atoms with Gasteiger partial charge in [0.05, 0.1) is 5.92 Å². The van der Waals surface area contributed by atoms with Gasteiger partial charge in [-0.25, -0.2) is 0 Å². The number of amides is 3. The van der Waals surface area contributed by atoms with E-state index < -0.39 is 6.04 Å². The number of halogens is 1. The lowest BCUT2D eigenvalue weighted by molar-refractivity contribution is -0.136. The van der Waals surface area contributed by atoms with Gasteiger partial charge in [-0.2, -0.15) is 0 Å². The molecule has 21 heavy (non-hydrogen) atoms. The van der Waals surface area contributed by atoms with Crippen molar-refractivity contribution in [2.24, 2.45) is 11.7 Å². The molecule has 0 radical (unpaired) electrons. The van der Waals surface area contributed by atoms with Gasteiger partial charge in [-0.3, -0.25) is 14.4 Å². The van der Waals surface area contributed by atoms with Crippen molar-refractivity contribution in [1.29, 1.82) is 0 Å². The second kappa shape index (κ2) is 8.45. The maximum Gasteiger partial charge on any atom is 0.279 e. The van der Waals surface area contributed by atoms with E-state index in [4.69, 9.17) is 5.73 Å². The fraction of sp³-hybridized carbons (Fsp3) is 0.750. The fourth-order valence-corrected chi connectivity index (χ4v) is 3.24. The van der Waals surface area contributed by atoms with Gasteiger partial charge in [0, 0.05) is 31.9 Å². The number of nitrogens with two attached hydrogens (primary N) is 1. The van der Waals surface area contributed by atoms with Gasteiger partial charge in [-0.15, -0.1) is 12.4 Å². The number of thioether (sulfide) groups is 1. The highest BCUT2D eigenvalue weighted by Crippen LogP contribution is 2.20. The lowest BCUT2D eigenvalue weighted by atomic mass is 9.96. The van der Waals surface area contributed by atoms with Crippen molar-refractivity contribution < 1.29 is 14.4 Å². The molecule has 2 heterocycles. The van der Waals surface area contributed by atoms with Crippen molar-refractivity contribution in [1.82, 2.24) is 15.5 Å². The Morgan fingerprint density at radius 3 is 2.86 bits per heavy atom. The van der Waals surface area contributed by atoms with E-state index in [1.54, 1.807) is 4.90 Å². The van der Waals surface area contributed by atoms with Crippen molar-refractivity contribution in [3.8, 4) is 0 Å². The summed E-state index contributed by atoms with van der Waals surface area (Å²) in [6.07, 6.45) is 1.59. The van der Waals surface area contributed by atoms with Gasteiger partial charge in [0.15, 0.2) is 0 Å². The minimum atomic E-state index is -0.446. The van der Waals surface area contributed by atoms with Crippen LogP contribution in [0.4, 0.5) is 4.79 Å². The second-order valence-electron chi connectivity index (χ2n) is 5.00. The first kappa shape index (κ1) is 18.1. The van der Waals surface area contributed by atoms with Crippen molar-refractivity contribution in [3.63, 3.8) is 0 Å². The molecular formula is C12H21ClN4O3S. The Hall–Kier alpha value is -0.990. The number of hydrogen-bond donors (Lipinski definition) is 3. The monoisotopic (exact) mass is 336 g/mol. The zero-order chi connectivity index (χ0) is 14.5. The van der Waals surface area contributed by atoms with Crippen LogP contribution in [0, 0.1) is 5.92 Å². The van der Waals surface area contributed by atoms with E-state index >= 15 is 0 Å². The molecule has 0 spiro atoms. The van der Waals surface area contributed by atoms with Crippen LogP contribution < -0.4 is 16.4 Å². The van der Waals surface area contributed by atoms with Gasteiger partial charge < -0.3 is 21.3 Å². The summed E-state index contributed by atoms with van der Waals surface area (Å²) in [6.45, 7) is 1.94. The molecule has 2 saturated heterocycles. The third kappa shape index (κ3) is 4.76. The average molecular weight is 337 g/mol. The van der Waals surface area contributed by atoms with Crippen LogP contribution in [-0.4, -0.2) is 59.9 Å². The third-order valence-electron chi connectivity index (χ3n) is 3.52. The van der Waals surface area contributed by atoms with Crippen LogP contribution in [0.3, 0.4) is 0 Å². The van der Waals surface area contributed by atoms with Crippen LogP contribution in [-0.2, 0) is 9.59 Å². The molecule has 2 fully saturated rings. The highest BCUT2D eigenvalue weighted by molar-refractivity contribution is 8.14. The number of carbonyl (C=O) groups is 3. The van der Waals surface area contributed by atoms with E-state index in [1.165, 1.54) is 0 Å². The molecule has 120 valence electrons. The van der Waals surface area contributed by atoms with Gasteiger partial charge >= 0.3 is 0 Å². The first-order valence-electron chi connectivity index (χ1n) is 6.81. The number of rotatable bonds is 4. The largest absolute Gasteiger partial charge is 0.355 e. The summed E-state index contributed by atoms with van der Waals surface area (Å²) in [6, 6.07) is -0.446. The molecule has 0 bridgehead atoms. The Labute approximate surface area is 134 Å². The maximum atomic E-state index is 12.3. The van der Waals surface area contributed by atoms with E-state index in [9.17, 15) is 14.4 Å². The molecule has 0 aliphatic carbocycles. The van der Waals surface area contributed by atoms with Crippen molar-refractivity contribution >= 4 is 41.2 Å². The molecule has 2 aliphatic rings. The van der Waals surface area contributed by atoms with Crippen LogP contribution in [0.5, 0.6) is 0 Å². The molecule has 0 aromatic heterocycles. The summed E-state index contributed by atoms with van der Waals surface area (Å²) in [5.74, 6) is 0.166. The lowest BCUT2D eigenvalue weighted by Gasteiger charge is -2.33. The van der Waals surface area contributed by atoms with E-state index in [1.807, 2.05) is 0 Å². The van der Waals surface area contributed by atoms with Crippen LogP contribution in [0.1, 0.15) is 12.8 Å². The highest BCUT2D eigenvalue weighted by Gasteiger charge is 2.35. The van der Waals surface area contributed by atoms with Crippen LogP contribution >= 0.6 is 24.2 Å². The topological polar surface area (TPSA) is 105 Å². The van der Waals surface area contributed by atoms with Gasteiger partial charge in [0.25, 0.3) is 5.24 Å². The van der Waals surface area contributed by atoms with Gasteiger partial charge in [-0.05, 0) is 12.8 Å². The molecule has 4 N–H and O–H groups in total.